The van der Waals surface area contributed by atoms with Gasteiger partial charge in [0.05, 0.1) is 17.8 Å². The lowest BCUT2D eigenvalue weighted by Crippen LogP contribution is -2.32. The molecule has 0 saturated heterocycles. The van der Waals surface area contributed by atoms with Crippen LogP contribution in [0.3, 0.4) is 0 Å². The second kappa shape index (κ2) is 8.79. The average Bonchev–Trinajstić information content (AvgIpc) is 2.99. The smallest absolute Gasteiger partial charge is 0.278 e. The normalized spacial score (nSPS) is 14.0. The molecule has 2 amide bonds. The van der Waals surface area contributed by atoms with Crippen LogP contribution in [-0.4, -0.2) is 21.7 Å². The van der Waals surface area contributed by atoms with Crippen molar-refractivity contribution in [2.75, 3.05) is 5.32 Å². The van der Waals surface area contributed by atoms with E-state index >= 15 is 0 Å². The van der Waals surface area contributed by atoms with Gasteiger partial charge in [0.1, 0.15) is 5.70 Å². The Morgan fingerprint density at radius 3 is 2.31 bits per heavy atom. The van der Waals surface area contributed by atoms with Crippen LogP contribution in [0.5, 0.6) is 0 Å². The Morgan fingerprint density at radius 1 is 0.938 bits per heavy atom. The number of rotatable bonds is 6. The molecule has 1 aliphatic heterocycles. The number of hydrogen-bond acceptors (Lipinski definition) is 4. The van der Waals surface area contributed by atoms with E-state index < -0.39 is 0 Å². The summed E-state index contributed by atoms with van der Waals surface area (Å²) in [5, 5.41) is 3.24. The maximum atomic E-state index is 13.5. The zero-order valence-electron chi connectivity index (χ0n) is 18.8. The van der Waals surface area contributed by atoms with Crippen LogP contribution in [0.4, 0.5) is 5.69 Å². The van der Waals surface area contributed by atoms with Crippen LogP contribution in [0.15, 0.2) is 72.6 Å². The third kappa shape index (κ3) is 4.19. The Kier molecular flexibility index (Phi) is 5.91. The molecule has 0 fully saturated rings. The first-order valence-electron chi connectivity index (χ1n) is 10.8. The number of carbonyl (C=O) groups is 2. The molecule has 0 aliphatic carbocycles. The van der Waals surface area contributed by atoms with Gasteiger partial charge in [-0.15, -0.1) is 0 Å². The van der Waals surface area contributed by atoms with Gasteiger partial charge in [-0.1, -0.05) is 55.8 Å². The van der Waals surface area contributed by atoms with Gasteiger partial charge in [0, 0.05) is 11.9 Å². The van der Waals surface area contributed by atoms with Crippen molar-refractivity contribution in [3.8, 4) is 0 Å². The number of aryl methyl sites for hydroxylation is 2. The average molecular weight is 426 g/mol. The number of benzene rings is 2. The molecule has 3 aromatic rings. The molecule has 0 spiro atoms. The van der Waals surface area contributed by atoms with Crippen molar-refractivity contribution < 1.29 is 9.59 Å². The highest BCUT2D eigenvalue weighted by atomic mass is 16.2. The Hall–Kier alpha value is -3.73. The van der Waals surface area contributed by atoms with Crippen molar-refractivity contribution in [2.24, 2.45) is 0 Å². The van der Waals surface area contributed by atoms with Gasteiger partial charge in [-0.3, -0.25) is 19.5 Å². The van der Waals surface area contributed by atoms with E-state index in [-0.39, 0.29) is 18.4 Å². The predicted molar refractivity (Wildman–Crippen MR) is 127 cm³/mol. The highest BCUT2D eigenvalue weighted by Gasteiger charge is 2.39. The Bertz CT molecular complexity index is 1200. The molecule has 162 valence electrons. The quantitative estimate of drug-likeness (QED) is 0.551. The van der Waals surface area contributed by atoms with E-state index in [1.54, 1.807) is 6.20 Å². The standard InChI is InChI=1S/C27H27N3O2/c1-17(2)20-9-11-21(12-10-20)29-25-24(23-13-8-18(3)15-19(23)4)26(31)30(27(25)32)16-22-7-5-6-14-28-22/h5-15,17,29H,16H2,1-4H3. The topological polar surface area (TPSA) is 62.3 Å². The number of amides is 2. The number of anilines is 1. The summed E-state index contributed by atoms with van der Waals surface area (Å²) in [5.41, 5.74) is 6.17. The molecular formula is C27H27N3O2. The fourth-order valence-electron chi connectivity index (χ4n) is 3.93. The third-order valence-corrected chi connectivity index (χ3v) is 5.71. The minimum Gasteiger partial charge on any atom is -0.350 e. The van der Waals surface area contributed by atoms with Gasteiger partial charge >= 0.3 is 0 Å². The fourth-order valence-corrected chi connectivity index (χ4v) is 3.93. The number of carbonyl (C=O) groups excluding carboxylic acids is 2. The minimum atomic E-state index is -0.344. The molecule has 2 heterocycles. The first-order valence-corrected chi connectivity index (χ1v) is 10.8. The van der Waals surface area contributed by atoms with E-state index in [0.717, 1.165) is 22.4 Å². The van der Waals surface area contributed by atoms with Gasteiger partial charge in [-0.05, 0) is 60.7 Å². The van der Waals surface area contributed by atoms with Crippen LogP contribution in [0, 0.1) is 13.8 Å². The molecule has 4 rings (SSSR count). The van der Waals surface area contributed by atoms with Crippen LogP contribution in [0.1, 0.15) is 47.7 Å². The molecule has 0 atom stereocenters. The minimum absolute atomic E-state index is 0.129. The van der Waals surface area contributed by atoms with E-state index in [4.69, 9.17) is 0 Å². The van der Waals surface area contributed by atoms with Crippen molar-refractivity contribution >= 4 is 23.1 Å². The molecule has 0 saturated carbocycles. The van der Waals surface area contributed by atoms with Crippen molar-refractivity contribution in [2.45, 2.75) is 40.2 Å². The summed E-state index contributed by atoms with van der Waals surface area (Å²) in [6.45, 7) is 8.37. The lowest BCUT2D eigenvalue weighted by Gasteiger charge is -2.15. The summed E-state index contributed by atoms with van der Waals surface area (Å²) in [4.78, 5) is 32.5. The second-order valence-electron chi connectivity index (χ2n) is 8.49. The maximum Gasteiger partial charge on any atom is 0.278 e. The molecular weight excluding hydrogens is 398 g/mol. The van der Waals surface area contributed by atoms with Crippen LogP contribution in [0.25, 0.3) is 5.57 Å². The number of nitrogens with zero attached hydrogens (tertiary/aromatic N) is 2. The van der Waals surface area contributed by atoms with Crippen molar-refractivity contribution in [3.63, 3.8) is 0 Å². The molecule has 1 N–H and O–H groups in total. The van der Waals surface area contributed by atoms with Crippen LogP contribution >= 0.6 is 0 Å². The zero-order chi connectivity index (χ0) is 22.8. The van der Waals surface area contributed by atoms with Gasteiger partial charge in [0.2, 0.25) is 0 Å². The summed E-state index contributed by atoms with van der Waals surface area (Å²) >= 11 is 0. The summed E-state index contributed by atoms with van der Waals surface area (Å²) < 4.78 is 0. The number of aromatic nitrogens is 1. The van der Waals surface area contributed by atoms with Gasteiger partial charge in [0.15, 0.2) is 0 Å². The summed E-state index contributed by atoms with van der Waals surface area (Å²) in [7, 11) is 0. The summed E-state index contributed by atoms with van der Waals surface area (Å²) in [6.07, 6.45) is 1.66. The molecule has 1 aliphatic rings. The molecule has 0 bridgehead atoms. The first kappa shape index (κ1) is 21.5. The number of pyridine rings is 1. The van der Waals surface area contributed by atoms with E-state index in [2.05, 4.69) is 24.1 Å². The molecule has 2 aromatic carbocycles. The van der Waals surface area contributed by atoms with E-state index in [1.807, 2.05) is 74.5 Å². The molecule has 1 aromatic heterocycles. The number of nitrogens with one attached hydrogen (secondary N) is 1. The van der Waals surface area contributed by atoms with Crippen LogP contribution in [-0.2, 0) is 16.1 Å². The maximum absolute atomic E-state index is 13.5. The van der Waals surface area contributed by atoms with Crippen molar-refractivity contribution in [3.05, 3.63) is 101 Å². The molecule has 32 heavy (non-hydrogen) atoms. The second-order valence-corrected chi connectivity index (χ2v) is 8.49. The first-order chi connectivity index (χ1) is 15.3. The monoisotopic (exact) mass is 425 g/mol. The van der Waals surface area contributed by atoms with Crippen molar-refractivity contribution in [1.82, 2.24) is 9.88 Å². The van der Waals surface area contributed by atoms with Gasteiger partial charge in [-0.25, -0.2) is 0 Å². The van der Waals surface area contributed by atoms with Crippen molar-refractivity contribution in [1.29, 1.82) is 0 Å². The van der Waals surface area contributed by atoms with Gasteiger partial charge < -0.3 is 5.32 Å². The SMILES string of the molecule is Cc1ccc(C2=C(Nc3ccc(C(C)C)cc3)C(=O)N(Cc3ccccn3)C2=O)c(C)c1. The predicted octanol–water partition coefficient (Wildman–Crippen LogP) is 5.21. The lowest BCUT2D eigenvalue weighted by molar-refractivity contribution is -0.137. The van der Waals surface area contributed by atoms with Crippen LogP contribution < -0.4 is 5.32 Å². The molecule has 0 unspecified atom stereocenters. The fraction of sp³-hybridized carbons (Fsp3) is 0.222. The summed E-state index contributed by atoms with van der Waals surface area (Å²) in [6, 6.07) is 19.3. The number of hydrogen-bond donors (Lipinski definition) is 1. The lowest BCUT2D eigenvalue weighted by atomic mass is 9.97. The largest absolute Gasteiger partial charge is 0.350 e. The van der Waals surface area contributed by atoms with Crippen LogP contribution in [0.2, 0.25) is 0 Å². The van der Waals surface area contributed by atoms with E-state index in [1.165, 1.54) is 10.5 Å². The summed E-state index contributed by atoms with van der Waals surface area (Å²) in [5.74, 6) is -0.241. The Morgan fingerprint density at radius 2 is 1.69 bits per heavy atom. The van der Waals surface area contributed by atoms with Gasteiger partial charge in [0.25, 0.3) is 11.8 Å². The third-order valence-electron chi connectivity index (χ3n) is 5.71. The Labute approximate surface area is 188 Å². The highest BCUT2D eigenvalue weighted by Crippen LogP contribution is 2.33. The van der Waals surface area contributed by atoms with E-state index in [0.29, 0.717) is 22.9 Å². The van der Waals surface area contributed by atoms with Gasteiger partial charge in [-0.2, -0.15) is 0 Å². The number of imide groups is 1. The Balaban J connectivity index is 1.75. The zero-order valence-corrected chi connectivity index (χ0v) is 18.8. The van der Waals surface area contributed by atoms with E-state index in [9.17, 15) is 9.59 Å². The molecule has 0 radical (unpaired) electrons. The highest BCUT2D eigenvalue weighted by molar-refractivity contribution is 6.36. The molecule has 5 heteroatoms. The molecule has 5 nitrogen and oxygen atoms in total.